The lowest BCUT2D eigenvalue weighted by Crippen LogP contribution is -2.05. The number of benzene rings is 1. The molecule has 1 unspecified atom stereocenters. The Labute approximate surface area is 84.1 Å². The molecule has 1 N–H and O–H groups in total. The molecule has 3 nitrogen and oxygen atoms in total. The first kappa shape index (κ1) is 10.7. The van der Waals surface area contributed by atoms with E-state index in [1.807, 2.05) is 38.2 Å². The van der Waals surface area contributed by atoms with E-state index < -0.39 is 6.10 Å². The molecular weight excluding hydrogens is 178 g/mol. The molecule has 1 rings (SSSR count). The average Bonchev–Trinajstić information content (AvgIpc) is 2.26. The minimum Gasteiger partial charge on any atom is -0.388 e. The zero-order valence-corrected chi connectivity index (χ0v) is 8.49. The number of hydrogen-bond donors (Lipinski definition) is 1. The van der Waals surface area contributed by atoms with Gasteiger partial charge in [0.1, 0.15) is 6.10 Å². The van der Waals surface area contributed by atoms with Crippen molar-refractivity contribution in [3.8, 4) is 0 Å². The molecule has 14 heavy (non-hydrogen) atoms. The van der Waals surface area contributed by atoms with Gasteiger partial charge in [0.2, 0.25) is 0 Å². The highest BCUT2D eigenvalue weighted by molar-refractivity contribution is 5.61. The minimum absolute atomic E-state index is 0.451. The van der Waals surface area contributed by atoms with Gasteiger partial charge in [0.15, 0.2) is 6.29 Å². The van der Waals surface area contributed by atoms with Crippen LogP contribution < -0.4 is 5.32 Å². The highest BCUT2D eigenvalue weighted by atomic mass is 16.5. The maximum absolute atomic E-state index is 10.7. The third-order valence-corrected chi connectivity index (χ3v) is 1.97. The van der Waals surface area contributed by atoms with Crippen molar-refractivity contribution in [1.29, 1.82) is 0 Å². The van der Waals surface area contributed by atoms with Crippen molar-refractivity contribution < 1.29 is 9.53 Å². The normalized spacial score (nSPS) is 12.1. The Balaban J connectivity index is 2.86. The summed E-state index contributed by atoms with van der Waals surface area (Å²) in [6.45, 7) is 2.41. The number of rotatable bonds is 5. The van der Waals surface area contributed by atoms with Crippen molar-refractivity contribution in [3.05, 3.63) is 29.8 Å². The van der Waals surface area contributed by atoms with E-state index >= 15 is 0 Å². The standard InChI is InChI=1S/C11H15NO2/c1-3-14-11(8-13)9-5-4-6-10(7-9)12-2/h4-8,11-12H,3H2,1-2H3. The highest BCUT2D eigenvalue weighted by Crippen LogP contribution is 2.18. The number of nitrogens with one attached hydrogen (secondary N) is 1. The van der Waals surface area contributed by atoms with Gasteiger partial charge >= 0.3 is 0 Å². The van der Waals surface area contributed by atoms with Crippen molar-refractivity contribution in [2.45, 2.75) is 13.0 Å². The number of hydrogen-bond acceptors (Lipinski definition) is 3. The molecule has 0 spiro atoms. The van der Waals surface area contributed by atoms with Crippen molar-refractivity contribution in [2.24, 2.45) is 0 Å². The van der Waals surface area contributed by atoms with Crippen LogP contribution in [0.4, 0.5) is 5.69 Å². The Hall–Kier alpha value is -1.35. The predicted molar refractivity (Wildman–Crippen MR) is 56.4 cm³/mol. The van der Waals surface area contributed by atoms with Gasteiger partial charge in [0, 0.05) is 19.3 Å². The lowest BCUT2D eigenvalue weighted by atomic mass is 10.1. The van der Waals surface area contributed by atoms with Crippen LogP contribution in [0.5, 0.6) is 0 Å². The number of carbonyl (C=O) groups is 1. The van der Waals surface area contributed by atoms with Crippen LogP contribution in [0.25, 0.3) is 0 Å². The average molecular weight is 193 g/mol. The van der Waals surface area contributed by atoms with E-state index in [9.17, 15) is 4.79 Å². The zero-order chi connectivity index (χ0) is 10.4. The maximum atomic E-state index is 10.7. The van der Waals surface area contributed by atoms with Gasteiger partial charge in [0.05, 0.1) is 0 Å². The Morgan fingerprint density at radius 3 is 2.93 bits per heavy atom. The molecule has 0 aliphatic rings. The minimum atomic E-state index is -0.451. The molecule has 0 saturated heterocycles. The molecule has 1 aromatic rings. The molecule has 0 aliphatic heterocycles. The molecule has 0 amide bonds. The first-order valence-corrected chi connectivity index (χ1v) is 4.66. The molecule has 0 saturated carbocycles. The summed E-state index contributed by atoms with van der Waals surface area (Å²) in [6.07, 6.45) is 0.367. The first-order chi connectivity index (χ1) is 6.81. The summed E-state index contributed by atoms with van der Waals surface area (Å²) in [4.78, 5) is 10.7. The Morgan fingerprint density at radius 2 is 2.36 bits per heavy atom. The number of aldehydes is 1. The second-order valence-electron chi connectivity index (χ2n) is 2.89. The topological polar surface area (TPSA) is 38.3 Å². The van der Waals surface area contributed by atoms with E-state index in [-0.39, 0.29) is 0 Å². The predicted octanol–water partition coefficient (Wildman–Crippen LogP) is 2.00. The van der Waals surface area contributed by atoms with Gasteiger partial charge in [-0.2, -0.15) is 0 Å². The molecule has 0 bridgehead atoms. The van der Waals surface area contributed by atoms with Crippen molar-refractivity contribution >= 4 is 12.0 Å². The van der Waals surface area contributed by atoms with E-state index in [1.165, 1.54) is 0 Å². The number of anilines is 1. The van der Waals surface area contributed by atoms with Gasteiger partial charge in [-0.15, -0.1) is 0 Å². The van der Waals surface area contributed by atoms with Crippen molar-refractivity contribution in [1.82, 2.24) is 0 Å². The highest BCUT2D eigenvalue weighted by Gasteiger charge is 2.09. The molecule has 1 aromatic carbocycles. The molecule has 0 aromatic heterocycles. The molecule has 1 atom stereocenters. The third-order valence-electron chi connectivity index (χ3n) is 1.97. The van der Waals surface area contributed by atoms with Gasteiger partial charge in [-0.3, -0.25) is 0 Å². The van der Waals surface area contributed by atoms with Crippen LogP contribution in [-0.4, -0.2) is 19.9 Å². The SMILES string of the molecule is CCOC(C=O)c1cccc(NC)c1. The maximum Gasteiger partial charge on any atom is 0.153 e. The second kappa shape index (κ2) is 5.40. The fraction of sp³-hybridized carbons (Fsp3) is 0.364. The fourth-order valence-electron chi connectivity index (χ4n) is 1.26. The smallest absolute Gasteiger partial charge is 0.153 e. The molecule has 0 aliphatic carbocycles. The monoisotopic (exact) mass is 193 g/mol. The summed E-state index contributed by atoms with van der Waals surface area (Å²) < 4.78 is 5.28. The van der Waals surface area contributed by atoms with Gasteiger partial charge < -0.3 is 14.8 Å². The van der Waals surface area contributed by atoms with Crippen LogP contribution in [0.1, 0.15) is 18.6 Å². The quantitative estimate of drug-likeness (QED) is 0.727. The molecule has 0 radical (unpaired) electrons. The van der Waals surface area contributed by atoms with E-state index in [4.69, 9.17) is 4.74 Å². The van der Waals surface area contributed by atoms with E-state index in [1.54, 1.807) is 0 Å². The molecule has 3 heteroatoms. The summed E-state index contributed by atoms with van der Waals surface area (Å²) in [5.74, 6) is 0. The van der Waals surface area contributed by atoms with Crippen LogP contribution in [0, 0.1) is 0 Å². The number of carbonyl (C=O) groups excluding carboxylic acids is 1. The summed E-state index contributed by atoms with van der Waals surface area (Å²) in [5.41, 5.74) is 1.86. The second-order valence-corrected chi connectivity index (χ2v) is 2.89. The van der Waals surface area contributed by atoms with Crippen molar-refractivity contribution in [3.63, 3.8) is 0 Å². The van der Waals surface area contributed by atoms with Gasteiger partial charge in [0.25, 0.3) is 0 Å². The van der Waals surface area contributed by atoms with E-state index in [0.29, 0.717) is 6.61 Å². The van der Waals surface area contributed by atoms with Crippen LogP contribution in [0.3, 0.4) is 0 Å². The first-order valence-electron chi connectivity index (χ1n) is 4.66. The molecule has 0 heterocycles. The van der Waals surface area contributed by atoms with Crippen LogP contribution >= 0.6 is 0 Å². The lowest BCUT2D eigenvalue weighted by molar-refractivity contribution is -0.118. The molecule has 76 valence electrons. The van der Waals surface area contributed by atoms with E-state index in [2.05, 4.69) is 5.32 Å². The summed E-state index contributed by atoms with van der Waals surface area (Å²) >= 11 is 0. The van der Waals surface area contributed by atoms with Crippen LogP contribution in [-0.2, 0) is 9.53 Å². The van der Waals surface area contributed by atoms with Gasteiger partial charge in [-0.05, 0) is 24.6 Å². The largest absolute Gasteiger partial charge is 0.388 e. The summed E-state index contributed by atoms with van der Waals surface area (Å²) in [5, 5.41) is 3.02. The Bertz CT molecular complexity index is 299. The zero-order valence-electron chi connectivity index (χ0n) is 8.49. The van der Waals surface area contributed by atoms with E-state index in [0.717, 1.165) is 17.5 Å². The van der Waals surface area contributed by atoms with Crippen LogP contribution in [0.2, 0.25) is 0 Å². The lowest BCUT2D eigenvalue weighted by Gasteiger charge is -2.11. The molecule has 0 fully saturated rings. The molecular formula is C11H15NO2. The van der Waals surface area contributed by atoms with Crippen LogP contribution in [0.15, 0.2) is 24.3 Å². The third kappa shape index (κ3) is 2.57. The number of ether oxygens (including phenoxy) is 1. The summed E-state index contributed by atoms with van der Waals surface area (Å²) in [7, 11) is 1.84. The van der Waals surface area contributed by atoms with Crippen molar-refractivity contribution in [2.75, 3.05) is 19.0 Å². The van der Waals surface area contributed by atoms with Gasteiger partial charge in [-0.25, -0.2) is 0 Å². The Morgan fingerprint density at radius 1 is 1.57 bits per heavy atom. The Kier molecular flexibility index (Phi) is 4.13. The summed E-state index contributed by atoms with van der Waals surface area (Å²) in [6, 6.07) is 7.64. The fourth-order valence-corrected chi connectivity index (χ4v) is 1.26. The van der Waals surface area contributed by atoms with Gasteiger partial charge in [-0.1, -0.05) is 12.1 Å².